The molecule has 0 heterocycles. The van der Waals surface area contributed by atoms with Gasteiger partial charge in [0.15, 0.2) is 0 Å². The third-order valence-electron chi connectivity index (χ3n) is 3.39. The first-order valence-electron chi connectivity index (χ1n) is 8.06. The van der Waals surface area contributed by atoms with Gasteiger partial charge >= 0.3 is 0 Å². The molecule has 138 valence electrons. The standard InChI is InChI=1S/C19H20Cl2N2O3/c1-12(2)26-16-7-5-15(6-8-16)22-19(25)11-23(13(3)24)18-10-14(20)4-9-17(18)21/h4-10,12H,11H2,1-3H3,(H,22,25). The van der Waals surface area contributed by atoms with Gasteiger partial charge in [0.25, 0.3) is 0 Å². The highest BCUT2D eigenvalue weighted by Crippen LogP contribution is 2.29. The Hall–Kier alpha value is -2.24. The summed E-state index contributed by atoms with van der Waals surface area (Å²) < 4.78 is 5.56. The lowest BCUT2D eigenvalue weighted by Crippen LogP contribution is -2.36. The number of rotatable bonds is 6. The average Bonchev–Trinajstić information content (AvgIpc) is 2.56. The van der Waals surface area contributed by atoms with Crippen molar-refractivity contribution in [2.75, 3.05) is 16.8 Å². The van der Waals surface area contributed by atoms with Gasteiger partial charge in [-0.1, -0.05) is 23.2 Å². The minimum absolute atomic E-state index is 0.0713. The lowest BCUT2D eigenvalue weighted by atomic mass is 10.2. The fourth-order valence-electron chi connectivity index (χ4n) is 2.29. The summed E-state index contributed by atoms with van der Waals surface area (Å²) in [6.45, 7) is 5.06. The molecule has 0 aliphatic heterocycles. The molecule has 2 rings (SSSR count). The fourth-order valence-corrected chi connectivity index (χ4v) is 2.68. The molecule has 0 aliphatic carbocycles. The van der Waals surface area contributed by atoms with Gasteiger partial charge in [0.1, 0.15) is 12.3 Å². The Morgan fingerprint density at radius 1 is 1.12 bits per heavy atom. The molecule has 0 saturated heterocycles. The third kappa shape index (κ3) is 5.64. The molecular formula is C19H20Cl2N2O3. The smallest absolute Gasteiger partial charge is 0.244 e. The van der Waals surface area contributed by atoms with E-state index >= 15 is 0 Å². The molecule has 0 aliphatic rings. The third-order valence-corrected chi connectivity index (χ3v) is 3.95. The summed E-state index contributed by atoms with van der Waals surface area (Å²) in [5, 5.41) is 3.52. The van der Waals surface area contributed by atoms with Crippen LogP contribution < -0.4 is 15.0 Å². The Bertz CT molecular complexity index is 792. The van der Waals surface area contributed by atoms with Gasteiger partial charge in [0, 0.05) is 17.6 Å². The topological polar surface area (TPSA) is 58.6 Å². The highest BCUT2D eigenvalue weighted by atomic mass is 35.5. The van der Waals surface area contributed by atoms with E-state index in [0.29, 0.717) is 27.2 Å². The second-order valence-electron chi connectivity index (χ2n) is 5.94. The predicted octanol–water partition coefficient (Wildman–Crippen LogP) is 4.77. The Balaban J connectivity index is 2.08. The van der Waals surface area contributed by atoms with E-state index in [1.807, 2.05) is 13.8 Å². The maximum absolute atomic E-state index is 12.3. The van der Waals surface area contributed by atoms with Gasteiger partial charge in [-0.05, 0) is 56.3 Å². The van der Waals surface area contributed by atoms with Crippen molar-refractivity contribution < 1.29 is 14.3 Å². The van der Waals surface area contributed by atoms with Gasteiger partial charge in [-0.15, -0.1) is 0 Å². The number of nitrogens with one attached hydrogen (secondary N) is 1. The zero-order valence-electron chi connectivity index (χ0n) is 14.8. The summed E-state index contributed by atoms with van der Waals surface area (Å²) in [6.07, 6.45) is 0.0713. The molecule has 0 fully saturated rings. The molecule has 5 nitrogen and oxygen atoms in total. The van der Waals surface area contributed by atoms with Crippen molar-refractivity contribution in [3.05, 3.63) is 52.5 Å². The normalized spacial score (nSPS) is 10.5. The number of ether oxygens (including phenoxy) is 1. The van der Waals surface area contributed by atoms with Crippen LogP contribution >= 0.6 is 23.2 Å². The Morgan fingerprint density at radius 2 is 1.77 bits per heavy atom. The van der Waals surface area contributed by atoms with Gasteiger partial charge < -0.3 is 15.0 Å². The van der Waals surface area contributed by atoms with Crippen molar-refractivity contribution in [1.82, 2.24) is 0 Å². The Labute approximate surface area is 162 Å². The molecule has 2 aromatic carbocycles. The highest BCUT2D eigenvalue weighted by molar-refractivity contribution is 6.35. The van der Waals surface area contributed by atoms with Crippen molar-refractivity contribution in [3.8, 4) is 5.75 Å². The van der Waals surface area contributed by atoms with E-state index in [1.54, 1.807) is 42.5 Å². The van der Waals surface area contributed by atoms with Crippen molar-refractivity contribution in [2.24, 2.45) is 0 Å². The van der Waals surface area contributed by atoms with Crippen LogP contribution in [0.2, 0.25) is 10.0 Å². The lowest BCUT2D eigenvalue weighted by molar-refractivity contribution is -0.120. The number of hydrogen-bond acceptors (Lipinski definition) is 3. The van der Waals surface area contributed by atoms with E-state index in [2.05, 4.69) is 5.32 Å². The molecule has 0 unspecified atom stereocenters. The molecule has 0 radical (unpaired) electrons. The maximum atomic E-state index is 12.3. The van der Waals surface area contributed by atoms with Crippen LogP contribution in [0.15, 0.2) is 42.5 Å². The SMILES string of the molecule is CC(=O)N(CC(=O)Nc1ccc(OC(C)C)cc1)c1cc(Cl)ccc1Cl. The number of nitrogens with zero attached hydrogens (tertiary/aromatic N) is 1. The number of benzene rings is 2. The van der Waals surface area contributed by atoms with Crippen LogP contribution in [0.4, 0.5) is 11.4 Å². The molecule has 0 spiro atoms. The number of amides is 2. The van der Waals surface area contributed by atoms with Crippen molar-refractivity contribution in [1.29, 1.82) is 0 Å². The minimum atomic E-state index is -0.353. The quantitative estimate of drug-likeness (QED) is 0.767. The minimum Gasteiger partial charge on any atom is -0.491 e. The van der Waals surface area contributed by atoms with Crippen LogP contribution in [-0.2, 0) is 9.59 Å². The van der Waals surface area contributed by atoms with Gasteiger partial charge in [0.05, 0.1) is 16.8 Å². The zero-order valence-corrected chi connectivity index (χ0v) is 16.3. The van der Waals surface area contributed by atoms with E-state index in [4.69, 9.17) is 27.9 Å². The first kappa shape index (κ1) is 20.1. The number of carbonyl (C=O) groups is 2. The number of halogens is 2. The molecule has 2 amide bonds. The largest absolute Gasteiger partial charge is 0.491 e. The first-order chi connectivity index (χ1) is 12.3. The molecule has 0 atom stereocenters. The maximum Gasteiger partial charge on any atom is 0.244 e. The fraction of sp³-hybridized carbons (Fsp3) is 0.263. The first-order valence-corrected chi connectivity index (χ1v) is 8.81. The molecule has 1 N–H and O–H groups in total. The van der Waals surface area contributed by atoms with Crippen molar-refractivity contribution in [2.45, 2.75) is 26.9 Å². The molecule has 0 bridgehead atoms. The van der Waals surface area contributed by atoms with Crippen molar-refractivity contribution in [3.63, 3.8) is 0 Å². The van der Waals surface area contributed by atoms with Crippen LogP contribution in [0.3, 0.4) is 0 Å². The van der Waals surface area contributed by atoms with E-state index in [9.17, 15) is 9.59 Å². The van der Waals surface area contributed by atoms with Crippen molar-refractivity contribution >= 4 is 46.4 Å². The molecule has 0 aromatic heterocycles. The molecule has 26 heavy (non-hydrogen) atoms. The summed E-state index contributed by atoms with van der Waals surface area (Å²) >= 11 is 12.1. The van der Waals surface area contributed by atoms with Gasteiger partial charge in [-0.25, -0.2) is 0 Å². The van der Waals surface area contributed by atoms with Crippen LogP contribution in [0.5, 0.6) is 5.75 Å². The van der Waals surface area contributed by atoms with Crippen LogP contribution in [0, 0.1) is 0 Å². The average molecular weight is 395 g/mol. The summed E-state index contributed by atoms with van der Waals surface area (Å²) in [5.74, 6) is 0.0489. The molecule has 2 aromatic rings. The summed E-state index contributed by atoms with van der Waals surface area (Å²) in [6, 6.07) is 11.8. The summed E-state index contributed by atoms with van der Waals surface area (Å²) in [7, 11) is 0. The molecular weight excluding hydrogens is 375 g/mol. The zero-order chi connectivity index (χ0) is 19.3. The molecule has 7 heteroatoms. The summed E-state index contributed by atoms with van der Waals surface area (Å²) in [5.41, 5.74) is 0.995. The van der Waals surface area contributed by atoms with Gasteiger partial charge in [0.2, 0.25) is 11.8 Å². The monoisotopic (exact) mass is 394 g/mol. The highest BCUT2D eigenvalue weighted by Gasteiger charge is 2.19. The Morgan fingerprint density at radius 3 is 2.35 bits per heavy atom. The van der Waals surface area contributed by atoms with E-state index < -0.39 is 0 Å². The number of anilines is 2. The van der Waals surface area contributed by atoms with Crippen LogP contribution in [0.1, 0.15) is 20.8 Å². The predicted molar refractivity (Wildman–Crippen MR) is 105 cm³/mol. The second-order valence-corrected chi connectivity index (χ2v) is 6.78. The van der Waals surface area contributed by atoms with Crippen LogP contribution in [0.25, 0.3) is 0 Å². The van der Waals surface area contributed by atoms with E-state index in [0.717, 1.165) is 0 Å². The second kappa shape index (κ2) is 8.92. The van der Waals surface area contributed by atoms with E-state index in [1.165, 1.54) is 11.8 Å². The lowest BCUT2D eigenvalue weighted by Gasteiger charge is -2.22. The number of carbonyl (C=O) groups excluding carboxylic acids is 2. The summed E-state index contributed by atoms with van der Waals surface area (Å²) in [4.78, 5) is 25.6. The van der Waals surface area contributed by atoms with Gasteiger partial charge in [-0.3, -0.25) is 9.59 Å². The van der Waals surface area contributed by atoms with E-state index in [-0.39, 0.29) is 24.5 Å². The molecule has 0 saturated carbocycles. The van der Waals surface area contributed by atoms with Crippen LogP contribution in [-0.4, -0.2) is 24.5 Å². The number of hydrogen-bond donors (Lipinski definition) is 1. The van der Waals surface area contributed by atoms with Gasteiger partial charge in [-0.2, -0.15) is 0 Å². The Kier molecular flexibility index (Phi) is 6.89.